The molecule has 5 heteroatoms. The van der Waals surface area contributed by atoms with Crippen LogP contribution in [-0.2, 0) is 9.53 Å². The summed E-state index contributed by atoms with van der Waals surface area (Å²) in [5.74, 6) is -1.14. The van der Waals surface area contributed by atoms with E-state index in [1.54, 1.807) is 13.0 Å². The maximum absolute atomic E-state index is 11.6. The molecular weight excluding hydrogens is 234 g/mol. The van der Waals surface area contributed by atoms with Crippen LogP contribution in [0, 0.1) is 13.8 Å². The number of ether oxygens (including phenoxy) is 1. The molecule has 0 aliphatic carbocycles. The molecule has 0 fully saturated rings. The van der Waals surface area contributed by atoms with Gasteiger partial charge in [-0.05, 0) is 37.5 Å². The minimum absolute atomic E-state index is 0.232. The predicted molar refractivity (Wildman–Crippen MR) is 67.7 cm³/mol. The number of rotatable bonds is 4. The molecule has 0 aliphatic rings. The lowest BCUT2D eigenvalue weighted by Crippen LogP contribution is -2.28. The SMILES string of the molecule is CCC(OC(=O)Nc1cc(C)ccc1C)C(=O)O. The van der Waals surface area contributed by atoms with Gasteiger partial charge >= 0.3 is 12.1 Å². The number of hydrogen-bond acceptors (Lipinski definition) is 3. The van der Waals surface area contributed by atoms with Crippen molar-refractivity contribution in [2.75, 3.05) is 5.32 Å². The fourth-order valence-electron chi connectivity index (χ4n) is 1.45. The van der Waals surface area contributed by atoms with Crippen LogP contribution in [0.1, 0.15) is 24.5 Å². The van der Waals surface area contributed by atoms with Gasteiger partial charge in [0.2, 0.25) is 0 Å². The highest BCUT2D eigenvalue weighted by atomic mass is 16.6. The molecule has 18 heavy (non-hydrogen) atoms. The summed E-state index contributed by atoms with van der Waals surface area (Å²) < 4.78 is 4.81. The summed E-state index contributed by atoms with van der Waals surface area (Å²) in [5.41, 5.74) is 2.52. The molecule has 1 atom stereocenters. The Morgan fingerprint density at radius 3 is 2.61 bits per heavy atom. The van der Waals surface area contributed by atoms with Gasteiger partial charge in [-0.1, -0.05) is 19.1 Å². The van der Waals surface area contributed by atoms with Gasteiger partial charge in [0.25, 0.3) is 0 Å². The van der Waals surface area contributed by atoms with E-state index in [0.29, 0.717) is 5.69 Å². The summed E-state index contributed by atoms with van der Waals surface area (Å²) in [5, 5.41) is 11.3. The molecule has 0 aliphatic heterocycles. The zero-order valence-electron chi connectivity index (χ0n) is 10.7. The van der Waals surface area contributed by atoms with Crippen molar-refractivity contribution in [3.05, 3.63) is 29.3 Å². The normalized spacial score (nSPS) is 11.7. The van der Waals surface area contributed by atoms with Crippen LogP contribution in [0.4, 0.5) is 10.5 Å². The first-order chi connectivity index (χ1) is 8.43. The van der Waals surface area contributed by atoms with Gasteiger partial charge in [-0.15, -0.1) is 0 Å². The second-order valence-electron chi connectivity index (χ2n) is 4.08. The van der Waals surface area contributed by atoms with Gasteiger partial charge in [0, 0.05) is 5.69 Å². The van der Waals surface area contributed by atoms with Crippen molar-refractivity contribution in [3.8, 4) is 0 Å². The zero-order valence-corrected chi connectivity index (χ0v) is 10.7. The Bertz CT molecular complexity index is 456. The molecule has 0 aromatic heterocycles. The van der Waals surface area contributed by atoms with Crippen LogP contribution >= 0.6 is 0 Å². The van der Waals surface area contributed by atoms with Gasteiger partial charge in [0.1, 0.15) is 0 Å². The lowest BCUT2D eigenvalue weighted by molar-refractivity contribution is -0.146. The maximum atomic E-state index is 11.6. The quantitative estimate of drug-likeness (QED) is 0.862. The van der Waals surface area contributed by atoms with Gasteiger partial charge < -0.3 is 9.84 Å². The molecule has 0 spiro atoms. The van der Waals surface area contributed by atoms with Gasteiger partial charge in [-0.2, -0.15) is 0 Å². The van der Waals surface area contributed by atoms with E-state index in [1.165, 1.54) is 0 Å². The van der Waals surface area contributed by atoms with E-state index in [9.17, 15) is 9.59 Å². The van der Waals surface area contributed by atoms with E-state index < -0.39 is 18.2 Å². The van der Waals surface area contributed by atoms with Gasteiger partial charge in [-0.25, -0.2) is 9.59 Å². The van der Waals surface area contributed by atoms with E-state index in [2.05, 4.69) is 5.32 Å². The highest BCUT2D eigenvalue weighted by molar-refractivity contribution is 5.87. The Kier molecular flexibility index (Phi) is 4.71. The number of nitrogens with one attached hydrogen (secondary N) is 1. The van der Waals surface area contributed by atoms with Crippen molar-refractivity contribution in [2.24, 2.45) is 0 Å². The van der Waals surface area contributed by atoms with Crippen LogP contribution in [0.2, 0.25) is 0 Å². The Balaban J connectivity index is 2.70. The Morgan fingerprint density at radius 2 is 2.06 bits per heavy atom. The molecule has 1 amide bonds. The van der Waals surface area contributed by atoms with E-state index in [0.717, 1.165) is 11.1 Å². The van der Waals surface area contributed by atoms with Crippen LogP contribution in [-0.4, -0.2) is 23.3 Å². The molecule has 0 heterocycles. The number of aryl methyl sites for hydroxylation is 2. The molecule has 0 radical (unpaired) electrons. The summed E-state index contributed by atoms with van der Waals surface area (Å²) in [6.07, 6.45) is -1.64. The van der Waals surface area contributed by atoms with Crippen molar-refractivity contribution >= 4 is 17.7 Å². The number of carbonyl (C=O) groups is 2. The van der Waals surface area contributed by atoms with Crippen LogP contribution in [0.25, 0.3) is 0 Å². The topological polar surface area (TPSA) is 75.6 Å². The fraction of sp³-hybridized carbons (Fsp3) is 0.385. The summed E-state index contributed by atoms with van der Waals surface area (Å²) in [4.78, 5) is 22.3. The lowest BCUT2D eigenvalue weighted by atomic mass is 10.1. The molecule has 0 saturated carbocycles. The van der Waals surface area contributed by atoms with Crippen molar-refractivity contribution in [3.63, 3.8) is 0 Å². The molecule has 5 nitrogen and oxygen atoms in total. The first-order valence-electron chi connectivity index (χ1n) is 5.71. The summed E-state index contributed by atoms with van der Waals surface area (Å²) >= 11 is 0. The highest BCUT2D eigenvalue weighted by Gasteiger charge is 2.20. The molecule has 0 bridgehead atoms. The molecule has 2 N–H and O–H groups in total. The fourth-order valence-corrected chi connectivity index (χ4v) is 1.45. The van der Waals surface area contributed by atoms with Crippen LogP contribution in [0.15, 0.2) is 18.2 Å². The maximum Gasteiger partial charge on any atom is 0.412 e. The molecule has 1 aromatic carbocycles. The number of aliphatic carboxylic acids is 1. The Hall–Kier alpha value is -2.04. The third-order valence-corrected chi connectivity index (χ3v) is 2.53. The average molecular weight is 251 g/mol. The monoisotopic (exact) mass is 251 g/mol. The Labute approximate surface area is 106 Å². The molecule has 1 aromatic rings. The van der Waals surface area contributed by atoms with E-state index in [4.69, 9.17) is 9.84 Å². The van der Waals surface area contributed by atoms with E-state index >= 15 is 0 Å². The van der Waals surface area contributed by atoms with Crippen LogP contribution < -0.4 is 5.32 Å². The largest absolute Gasteiger partial charge is 0.479 e. The molecule has 0 saturated heterocycles. The number of amides is 1. The molecule has 1 rings (SSSR count). The summed E-state index contributed by atoms with van der Waals surface area (Å²) in [6, 6.07) is 5.61. The summed E-state index contributed by atoms with van der Waals surface area (Å²) in [6.45, 7) is 5.40. The zero-order chi connectivity index (χ0) is 13.7. The van der Waals surface area contributed by atoms with E-state index in [-0.39, 0.29) is 6.42 Å². The lowest BCUT2D eigenvalue weighted by Gasteiger charge is -2.13. The van der Waals surface area contributed by atoms with Crippen molar-refractivity contribution in [2.45, 2.75) is 33.3 Å². The van der Waals surface area contributed by atoms with Gasteiger partial charge in [0.15, 0.2) is 6.10 Å². The minimum atomic E-state index is -1.14. The van der Waals surface area contributed by atoms with Crippen molar-refractivity contribution in [1.82, 2.24) is 0 Å². The van der Waals surface area contributed by atoms with Gasteiger partial charge in [-0.3, -0.25) is 5.32 Å². The molecule has 1 unspecified atom stereocenters. The predicted octanol–water partition coefficient (Wildman–Crippen LogP) is 2.72. The number of benzene rings is 1. The van der Waals surface area contributed by atoms with Crippen LogP contribution in [0.5, 0.6) is 0 Å². The average Bonchev–Trinajstić information content (AvgIpc) is 2.30. The molecule has 98 valence electrons. The number of carboxylic acids is 1. The Morgan fingerprint density at radius 1 is 1.39 bits per heavy atom. The van der Waals surface area contributed by atoms with Gasteiger partial charge in [0.05, 0.1) is 0 Å². The second-order valence-corrected chi connectivity index (χ2v) is 4.08. The first kappa shape index (κ1) is 14.0. The number of carboxylic acid groups (broad SMARTS) is 1. The standard InChI is InChI=1S/C13H17NO4/c1-4-11(12(15)16)18-13(17)14-10-7-8(2)5-6-9(10)3/h5-7,11H,4H2,1-3H3,(H,14,17)(H,15,16). The number of carbonyl (C=O) groups excluding carboxylic acids is 1. The third-order valence-electron chi connectivity index (χ3n) is 2.53. The third kappa shape index (κ3) is 3.76. The first-order valence-corrected chi connectivity index (χ1v) is 5.71. The minimum Gasteiger partial charge on any atom is -0.479 e. The van der Waals surface area contributed by atoms with Crippen molar-refractivity contribution in [1.29, 1.82) is 0 Å². The smallest absolute Gasteiger partial charge is 0.412 e. The number of hydrogen-bond donors (Lipinski definition) is 2. The highest BCUT2D eigenvalue weighted by Crippen LogP contribution is 2.16. The van der Waals surface area contributed by atoms with Crippen LogP contribution in [0.3, 0.4) is 0 Å². The van der Waals surface area contributed by atoms with E-state index in [1.807, 2.05) is 26.0 Å². The summed E-state index contributed by atoms with van der Waals surface area (Å²) in [7, 11) is 0. The molecular formula is C13H17NO4. The number of anilines is 1. The second kappa shape index (κ2) is 6.05. The van der Waals surface area contributed by atoms with Crippen molar-refractivity contribution < 1.29 is 19.4 Å².